The molecule has 0 amide bonds. The number of aliphatic hydroxyl groups excluding tert-OH is 6. The third-order valence-corrected chi connectivity index (χ3v) is 12.1. The van der Waals surface area contributed by atoms with E-state index in [1.54, 1.807) is 0 Å². The van der Waals surface area contributed by atoms with Crippen LogP contribution in [0.1, 0.15) is 81.0 Å². The second kappa shape index (κ2) is 18.4. The normalized spacial score (nSPS) is 22.6. The van der Waals surface area contributed by atoms with Gasteiger partial charge in [0.15, 0.2) is 40.0 Å². The van der Waals surface area contributed by atoms with Gasteiger partial charge in [0, 0.05) is 43.5 Å². The van der Waals surface area contributed by atoms with Gasteiger partial charge in [0.05, 0.1) is 16.5 Å². The van der Waals surface area contributed by atoms with Gasteiger partial charge >= 0.3 is 0 Å². The first kappa shape index (κ1) is 43.6. The second-order valence-electron chi connectivity index (χ2n) is 16.5. The Bertz CT molecular complexity index is 2980. The quantitative estimate of drug-likeness (QED) is 0.0912. The molecule has 0 fully saturated rings. The van der Waals surface area contributed by atoms with Crippen LogP contribution in [-0.4, -0.2) is 55.1 Å². The van der Waals surface area contributed by atoms with Crippen LogP contribution in [0.15, 0.2) is 149 Å². The maximum atomic E-state index is 14.0. The van der Waals surface area contributed by atoms with Gasteiger partial charge in [-0.05, 0) is 42.0 Å². The lowest BCUT2D eigenvalue weighted by atomic mass is 9.86. The van der Waals surface area contributed by atoms with Crippen molar-refractivity contribution in [3.05, 3.63) is 209 Å². The predicted molar refractivity (Wildman–Crippen MR) is 235 cm³/mol. The van der Waals surface area contributed by atoms with Crippen LogP contribution in [0.2, 0.25) is 0 Å². The monoisotopic (exact) mass is 882 g/mol. The molecule has 0 aliphatic heterocycles. The molecule has 0 radical (unpaired) electrons. The minimum absolute atomic E-state index is 0.0000617. The summed E-state index contributed by atoms with van der Waals surface area (Å²) in [6.45, 7) is 0. The number of benzene rings is 4. The average Bonchev–Trinajstić information content (AvgIpc) is 3.32. The number of hydrogen-bond donors (Lipinski definition) is 6. The summed E-state index contributed by atoms with van der Waals surface area (Å²) in [7, 11) is 0. The van der Waals surface area contributed by atoms with Crippen molar-refractivity contribution < 1.29 is 53.4 Å². The molecule has 3 aromatic heterocycles. The molecule has 4 aromatic carbocycles. The molecular formula is C51H46O14. The van der Waals surface area contributed by atoms with Crippen molar-refractivity contribution in [1.29, 1.82) is 0 Å². The molecular weight excluding hydrogens is 837 g/mol. The van der Waals surface area contributed by atoms with Gasteiger partial charge in [-0.2, -0.15) is 0 Å². The number of hydrogen-bond acceptors (Lipinski definition) is 14. The molecule has 9 rings (SSSR count). The van der Waals surface area contributed by atoms with Gasteiger partial charge in [0.2, 0.25) is 0 Å². The van der Waals surface area contributed by atoms with Crippen LogP contribution in [0, 0.1) is 0 Å². The Morgan fingerprint density at radius 3 is 1.20 bits per heavy atom. The lowest BCUT2D eigenvalue weighted by Gasteiger charge is -2.37. The lowest BCUT2D eigenvalue weighted by Crippen LogP contribution is -2.46. The molecule has 0 saturated heterocycles. The van der Waals surface area contributed by atoms with E-state index in [-0.39, 0.29) is 69.5 Å². The summed E-state index contributed by atoms with van der Waals surface area (Å²) in [5.74, 6) is -0.532. The molecule has 0 saturated carbocycles. The molecule has 6 N–H and O–H groups in total. The van der Waals surface area contributed by atoms with E-state index in [9.17, 15) is 45.0 Å². The van der Waals surface area contributed by atoms with Crippen LogP contribution in [0.25, 0.3) is 11.0 Å². The highest BCUT2D eigenvalue weighted by Gasteiger charge is 2.48. The Labute approximate surface area is 370 Å². The maximum Gasteiger partial charge on any atom is 0.193 e. The third-order valence-electron chi connectivity index (χ3n) is 12.1. The van der Waals surface area contributed by atoms with Gasteiger partial charge in [0.1, 0.15) is 71.0 Å². The summed E-state index contributed by atoms with van der Waals surface area (Å²) in [4.78, 5) is 41.7. The van der Waals surface area contributed by atoms with Crippen LogP contribution >= 0.6 is 0 Å². The Balaban J connectivity index is 1.12. The molecule has 3 heterocycles. The second-order valence-corrected chi connectivity index (χ2v) is 16.5. The van der Waals surface area contributed by atoms with Crippen LogP contribution in [-0.2, 0) is 38.5 Å². The molecule has 0 bridgehead atoms. The van der Waals surface area contributed by atoms with Gasteiger partial charge < -0.3 is 53.4 Å². The van der Waals surface area contributed by atoms with Gasteiger partial charge in [-0.3, -0.25) is 14.4 Å². The first-order chi connectivity index (χ1) is 31.4. The highest BCUT2D eigenvalue weighted by atomic mass is 16.6. The fraction of sp³-hybridized carbons (Fsp3) is 0.275. The summed E-state index contributed by atoms with van der Waals surface area (Å²) in [5, 5.41) is 67.5. The standard InChI is InChI=1S/C51H46O14/c52-34-22-30(19-16-27-10-4-1-5-11-27)61-37-26-39(65-51-41-36(54)24-32(21-18-29-14-8-3-9-15-29)63-49(41)45(58)43(56)47(51)60)38(25-33(34)37)64-50-40-35(53)23-31(20-17-28-12-6-2-7-13-28)62-48(40)44(57)42(55)46(50)59/h1-15,22-26,42-47,50-51,55-60H,16-21H2. The summed E-state index contributed by atoms with van der Waals surface area (Å²) in [6, 6.07) is 34.7. The molecule has 14 nitrogen and oxygen atoms in total. The summed E-state index contributed by atoms with van der Waals surface area (Å²) in [5.41, 5.74) is 0.502. The van der Waals surface area contributed by atoms with E-state index in [1.165, 1.54) is 30.3 Å². The largest absolute Gasteiger partial charge is 0.479 e. The zero-order valence-corrected chi connectivity index (χ0v) is 34.9. The van der Waals surface area contributed by atoms with Crippen molar-refractivity contribution in [3.63, 3.8) is 0 Å². The van der Waals surface area contributed by atoms with E-state index in [4.69, 9.17) is 22.7 Å². The molecule has 334 valence electrons. The van der Waals surface area contributed by atoms with Crippen molar-refractivity contribution in [2.45, 2.75) is 87.4 Å². The van der Waals surface area contributed by atoms with E-state index < -0.39 is 65.1 Å². The minimum atomic E-state index is -1.93. The minimum Gasteiger partial charge on any atom is -0.479 e. The zero-order valence-electron chi connectivity index (χ0n) is 34.9. The third kappa shape index (κ3) is 8.92. The van der Waals surface area contributed by atoms with E-state index in [1.807, 2.05) is 91.0 Å². The average molecular weight is 883 g/mol. The Kier molecular flexibility index (Phi) is 12.4. The van der Waals surface area contributed by atoms with Crippen molar-refractivity contribution >= 4 is 11.0 Å². The number of aliphatic hydroxyl groups is 6. The molecule has 7 aromatic rings. The lowest BCUT2D eigenvalue weighted by molar-refractivity contribution is -0.126. The van der Waals surface area contributed by atoms with Crippen LogP contribution in [0.5, 0.6) is 11.5 Å². The summed E-state index contributed by atoms with van der Waals surface area (Å²) >= 11 is 0. The number of fused-ring (bicyclic) bond motifs is 3. The van der Waals surface area contributed by atoms with E-state index in [0.717, 1.165) is 16.7 Å². The van der Waals surface area contributed by atoms with Crippen LogP contribution in [0.4, 0.5) is 0 Å². The molecule has 0 spiro atoms. The smallest absolute Gasteiger partial charge is 0.193 e. The topological polar surface area (TPSA) is 230 Å². The molecule has 8 atom stereocenters. The highest BCUT2D eigenvalue weighted by molar-refractivity contribution is 5.81. The SMILES string of the molecule is O=c1cc(CCc2ccccc2)oc2c1C(Oc1cc3oc(CCc4ccccc4)cc(=O)c3cc1OC1c3c(oc(CCc4ccccc4)cc3=O)C(O)C(O)C1O)C(O)C(O)C2O. The molecule has 65 heavy (non-hydrogen) atoms. The van der Waals surface area contributed by atoms with Gasteiger partial charge in [-0.15, -0.1) is 0 Å². The van der Waals surface area contributed by atoms with Crippen molar-refractivity contribution in [1.82, 2.24) is 0 Å². The molecule has 2 aliphatic rings. The Hall–Kier alpha value is -6.65. The van der Waals surface area contributed by atoms with Gasteiger partial charge in [-0.25, -0.2) is 0 Å². The van der Waals surface area contributed by atoms with E-state index in [2.05, 4.69) is 0 Å². The molecule has 2 aliphatic carbocycles. The summed E-state index contributed by atoms with van der Waals surface area (Å²) < 4.78 is 31.0. The van der Waals surface area contributed by atoms with E-state index in [0.29, 0.717) is 31.4 Å². The first-order valence-corrected chi connectivity index (χ1v) is 21.4. The first-order valence-electron chi connectivity index (χ1n) is 21.4. The summed E-state index contributed by atoms with van der Waals surface area (Å²) in [6.07, 6.45) is -12.4. The highest BCUT2D eigenvalue weighted by Crippen LogP contribution is 2.45. The van der Waals surface area contributed by atoms with Crippen molar-refractivity contribution in [2.75, 3.05) is 0 Å². The number of rotatable bonds is 13. The van der Waals surface area contributed by atoms with Crippen molar-refractivity contribution in [2.24, 2.45) is 0 Å². The fourth-order valence-electron chi connectivity index (χ4n) is 8.56. The van der Waals surface area contributed by atoms with Gasteiger partial charge in [-0.1, -0.05) is 91.0 Å². The van der Waals surface area contributed by atoms with Crippen LogP contribution < -0.4 is 25.8 Å². The fourth-order valence-corrected chi connectivity index (χ4v) is 8.56. The Morgan fingerprint density at radius 1 is 0.415 bits per heavy atom. The maximum absolute atomic E-state index is 14.0. The predicted octanol–water partition coefficient (Wildman–Crippen LogP) is 4.83. The molecule has 14 heteroatoms. The van der Waals surface area contributed by atoms with Gasteiger partial charge in [0.25, 0.3) is 0 Å². The number of ether oxygens (including phenoxy) is 2. The zero-order chi connectivity index (χ0) is 45.4. The Morgan fingerprint density at radius 2 is 0.785 bits per heavy atom. The van der Waals surface area contributed by atoms with E-state index >= 15 is 0 Å². The van der Waals surface area contributed by atoms with Crippen molar-refractivity contribution in [3.8, 4) is 11.5 Å². The number of aryl methyl sites for hydroxylation is 6. The molecule has 8 unspecified atom stereocenters. The van der Waals surface area contributed by atoms with Crippen LogP contribution in [0.3, 0.4) is 0 Å².